The third-order valence-electron chi connectivity index (χ3n) is 4.93. The van der Waals surface area contributed by atoms with Gasteiger partial charge in [-0.05, 0) is 63.2 Å². The van der Waals surface area contributed by atoms with Crippen LogP contribution in [0, 0.1) is 19.8 Å². The van der Waals surface area contributed by atoms with Gasteiger partial charge in [-0.15, -0.1) is 0 Å². The Morgan fingerprint density at radius 3 is 2.03 bits per heavy atom. The van der Waals surface area contributed by atoms with Gasteiger partial charge in [0.1, 0.15) is 0 Å². The van der Waals surface area contributed by atoms with Crippen LogP contribution in [0.4, 0.5) is 5.69 Å². The van der Waals surface area contributed by atoms with Gasteiger partial charge in [0.25, 0.3) is 0 Å². The van der Waals surface area contributed by atoms with Crippen molar-refractivity contribution in [3.63, 3.8) is 0 Å². The molecule has 7 nitrogen and oxygen atoms in total. The minimum atomic E-state index is -0.967. The van der Waals surface area contributed by atoms with Crippen LogP contribution in [0.1, 0.15) is 52.9 Å². The molecule has 1 aromatic heterocycles. The lowest BCUT2D eigenvalue weighted by atomic mass is 10.1. The molecule has 0 aliphatic rings. The molecule has 0 spiro atoms. The van der Waals surface area contributed by atoms with Crippen LogP contribution >= 0.6 is 0 Å². The molecule has 0 unspecified atom stereocenters. The van der Waals surface area contributed by atoms with Crippen LogP contribution in [0.15, 0.2) is 42.5 Å². The topological polar surface area (TPSA) is 98.2 Å². The Hall–Kier alpha value is -3.61. The lowest BCUT2D eigenvalue weighted by Gasteiger charge is -2.13. The van der Waals surface area contributed by atoms with Gasteiger partial charge in [-0.2, -0.15) is 0 Å². The maximum Gasteiger partial charge on any atom is 0.338 e. The van der Waals surface area contributed by atoms with Crippen molar-refractivity contribution in [1.82, 2.24) is 9.97 Å². The summed E-state index contributed by atoms with van der Waals surface area (Å²) >= 11 is 0. The fraction of sp³-hybridized carbons (Fsp3) is 0.292. The molecule has 1 amide bonds. The van der Waals surface area contributed by atoms with Crippen molar-refractivity contribution in [2.75, 3.05) is 5.32 Å². The van der Waals surface area contributed by atoms with E-state index in [0.717, 1.165) is 11.4 Å². The molecule has 0 radical (unpaired) electrons. The summed E-state index contributed by atoms with van der Waals surface area (Å²) in [7, 11) is 0. The summed E-state index contributed by atoms with van der Waals surface area (Å²) < 4.78 is 5.38. The van der Waals surface area contributed by atoms with E-state index in [1.807, 2.05) is 13.8 Å². The molecule has 0 saturated heterocycles. The molecule has 3 rings (SSSR count). The molecule has 3 aromatic rings. The van der Waals surface area contributed by atoms with E-state index in [2.05, 4.69) is 15.3 Å². The zero-order valence-electron chi connectivity index (χ0n) is 18.2. The van der Waals surface area contributed by atoms with Crippen LogP contribution in [0.5, 0.6) is 0 Å². The number of aryl methyl sites for hydroxylation is 2. The number of carbonyl (C=O) groups is 3. The highest BCUT2D eigenvalue weighted by Gasteiger charge is 2.21. The molecule has 0 aliphatic carbocycles. The second-order valence-corrected chi connectivity index (χ2v) is 7.73. The second-order valence-electron chi connectivity index (χ2n) is 7.73. The number of fused-ring (bicyclic) bond motifs is 1. The second kappa shape index (κ2) is 9.04. The fourth-order valence-electron chi connectivity index (χ4n) is 2.88. The van der Waals surface area contributed by atoms with E-state index in [4.69, 9.17) is 4.74 Å². The first-order valence-corrected chi connectivity index (χ1v) is 10.1. The molecule has 7 heteroatoms. The number of anilines is 1. The number of nitrogens with one attached hydrogen (secondary N) is 1. The first-order valence-electron chi connectivity index (χ1n) is 10.1. The van der Waals surface area contributed by atoms with Crippen molar-refractivity contribution >= 4 is 34.4 Å². The Bertz CT molecular complexity index is 1150. The van der Waals surface area contributed by atoms with Crippen molar-refractivity contribution in [1.29, 1.82) is 0 Å². The standard InChI is InChI=1S/C24H25N3O4/c1-13(2)23(29)27-19-9-6-17(7-10-19)22(28)16(5)31-24(30)18-8-11-20-21(12-18)26-15(4)14(3)25-20/h6-13,16H,1-5H3,(H,27,29)/t16-/m0/s1. The van der Waals surface area contributed by atoms with E-state index in [-0.39, 0.29) is 17.6 Å². The summed E-state index contributed by atoms with van der Waals surface area (Å²) in [5.41, 5.74) is 4.19. The molecular formula is C24H25N3O4. The van der Waals surface area contributed by atoms with Crippen LogP contribution in [0.25, 0.3) is 11.0 Å². The molecule has 0 aliphatic heterocycles. The summed E-state index contributed by atoms with van der Waals surface area (Å²) in [5.74, 6) is -1.19. The molecule has 1 heterocycles. The average molecular weight is 419 g/mol. The number of amides is 1. The minimum Gasteiger partial charge on any atom is -0.451 e. The molecule has 1 atom stereocenters. The number of benzene rings is 2. The largest absolute Gasteiger partial charge is 0.451 e. The van der Waals surface area contributed by atoms with Gasteiger partial charge in [0.2, 0.25) is 11.7 Å². The number of rotatable bonds is 6. The van der Waals surface area contributed by atoms with E-state index >= 15 is 0 Å². The highest BCUT2D eigenvalue weighted by molar-refractivity contribution is 6.02. The SMILES string of the molecule is Cc1nc2ccc(C(=O)O[C@@H](C)C(=O)c3ccc(NC(=O)C(C)C)cc3)cc2nc1C. The number of hydrogen-bond donors (Lipinski definition) is 1. The van der Waals surface area contributed by atoms with Crippen molar-refractivity contribution in [3.8, 4) is 0 Å². The van der Waals surface area contributed by atoms with Crippen LogP contribution < -0.4 is 5.32 Å². The van der Waals surface area contributed by atoms with Crippen molar-refractivity contribution in [3.05, 3.63) is 65.0 Å². The van der Waals surface area contributed by atoms with Crippen LogP contribution in [-0.2, 0) is 9.53 Å². The van der Waals surface area contributed by atoms with Crippen LogP contribution in [0.2, 0.25) is 0 Å². The first kappa shape index (κ1) is 22.1. The molecule has 1 N–H and O–H groups in total. The van der Waals surface area contributed by atoms with Gasteiger partial charge in [-0.25, -0.2) is 14.8 Å². The third-order valence-corrected chi connectivity index (χ3v) is 4.93. The molecule has 2 aromatic carbocycles. The normalized spacial score (nSPS) is 11.9. The number of Topliss-reactive ketones (excluding diaryl/α,β-unsaturated/α-hetero) is 1. The smallest absolute Gasteiger partial charge is 0.338 e. The molecular weight excluding hydrogens is 394 g/mol. The number of carbonyl (C=O) groups excluding carboxylic acids is 3. The molecule has 31 heavy (non-hydrogen) atoms. The predicted molar refractivity (Wildman–Crippen MR) is 118 cm³/mol. The van der Waals surface area contributed by atoms with Crippen LogP contribution in [0.3, 0.4) is 0 Å². The van der Waals surface area contributed by atoms with Gasteiger partial charge >= 0.3 is 5.97 Å². The maximum atomic E-state index is 12.7. The highest BCUT2D eigenvalue weighted by atomic mass is 16.5. The Kier molecular flexibility index (Phi) is 6.44. The number of ketones is 1. The van der Waals surface area contributed by atoms with Gasteiger partial charge in [0.15, 0.2) is 6.10 Å². The fourth-order valence-corrected chi connectivity index (χ4v) is 2.88. The van der Waals surface area contributed by atoms with E-state index in [1.54, 1.807) is 56.3 Å². The molecule has 160 valence electrons. The summed E-state index contributed by atoms with van der Waals surface area (Å²) in [6, 6.07) is 11.4. The number of hydrogen-bond acceptors (Lipinski definition) is 6. The Morgan fingerprint density at radius 2 is 1.42 bits per heavy atom. The van der Waals surface area contributed by atoms with Gasteiger partial charge in [-0.1, -0.05) is 13.8 Å². The van der Waals surface area contributed by atoms with Gasteiger partial charge < -0.3 is 10.1 Å². The highest BCUT2D eigenvalue weighted by Crippen LogP contribution is 2.17. The third kappa shape index (κ3) is 5.12. The van der Waals surface area contributed by atoms with Crippen molar-refractivity contribution in [2.24, 2.45) is 5.92 Å². The predicted octanol–water partition coefficient (Wildman–Crippen LogP) is 4.27. The van der Waals surface area contributed by atoms with Crippen LogP contribution in [-0.4, -0.2) is 33.7 Å². The minimum absolute atomic E-state index is 0.105. The zero-order valence-corrected chi connectivity index (χ0v) is 18.2. The van der Waals surface area contributed by atoms with Gasteiger partial charge in [0, 0.05) is 17.2 Å². The Morgan fingerprint density at radius 1 is 0.839 bits per heavy atom. The average Bonchev–Trinajstić information content (AvgIpc) is 2.74. The number of nitrogens with zero attached hydrogens (tertiary/aromatic N) is 2. The first-order chi connectivity index (χ1) is 14.7. The maximum absolute atomic E-state index is 12.7. The summed E-state index contributed by atoms with van der Waals surface area (Å²) in [5, 5.41) is 2.77. The molecule has 0 fully saturated rings. The van der Waals surface area contributed by atoms with E-state index in [9.17, 15) is 14.4 Å². The summed E-state index contributed by atoms with van der Waals surface area (Å²) in [6.07, 6.45) is -0.967. The Balaban J connectivity index is 1.69. The van der Waals surface area contributed by atoms with E-state index in [0.29, 0.717) is 27.8 Å². The molecule has 0 bridgehead atoms. The summed E-state index contributed by atoms with van der Waals surface area (Å²) in [4.78, 5) is 45.9. The molecule has 0 saturated carbocycles. The van der Waals surface area contributed by atoms with Crippen molar-refractivity contribution in [2.45, 2.75) is 40.7 Å². The number of aromatic nitrogens is 2. The van der Waals surface area contributed by atoms with Crippen molar-refractivity contribution < 1.29 is 19.1 Å². The van der Waals surface area contributed by atoms with Gasteiger partial charge in [-0.3, -0.25) is 9.59 Å². The lowest BCUT2D eigenvalue weighted by Crippen LogP contribution is -2.24. The van der Waals surface area contributed by atoms with E-state index < -0.39 is 12.1 Å². The van der Waals surface area contributed by atoms with E-state index in [1.165, 1.54) is 6.92 Å². The quantitative estimate of drug-likeness (QED) is 0.473. The lowest BCUT2D eigenvalue weighted by molar-refractivity contribution is -0.118. The number of ether oxygens (including phenoxy) is 1. The van der Waals surface area contributed by atoms with Gasteiger partial charge in [0.05, 0.1) is 28.0 Å². The summed E-state index contributed by atoms with van der Waals surface area (Å²) in [6.45, 7) is 8.86. The zero-order chi connectivity index (χ0) is 22.7. The Labute approximate surface area is 180 Å². The monoisotopic (exact) mass is 419 g/mol. The number of esters is 1.